The Morgan fingerprint density at radius 1 is 0.803 bits per heavy atom. The number of ether oxygens (including phenoxy) is 1. The normalized spacial score (nSPS) is 19.0. The van der Waals surface area contributed by atoms with Crippen LogP contribution in [-0.2, 0) is 25.7 Å². The third-order valence-corrected chi connectivity index (χ3v) is 14.3. The number of nitrogens with two attached hydrogens (primary N) is 1. The topological polar surface area (TPSA) is 189 Å². The van der Waals surface area contributed by atoms with Crippen molar-refractivity contribution in [3.63, 3.8) is 0 Å². The summed E-state index contributed by atoms with van der Waals surface area (Å²) in [7, 11) is 0. The van der Waals surface area contributed by atoms with Crippen molar-refractivity contribution in [1.29, 1.82) is 0 Å². The largest absolute Gasteiger partial charge is 0.457 e. The van der Waals surface area contributed by atoms with Crippen LogP contribution in [0.25, 0.3) is 22.3 Å². The number of imide groups is 1. The number of hydrogen-bond acceptors (Lipinski definition) is 12. The second-order valence-corrected chi connectivity index (χ2v) is 18.6. The quantitative estimate of drug-likeness (QED) is 0.0662. The molecule has 9 rings (SSSR count). The number of carbonyl (C=O) groups excluding carboxylic acids is 5. The van der Waals surface area contributed by atoms with Gasteiger partial charge >= 0.3 is 0 Å². The number of amides is 5. The predicted molar refractivity (Wildman–Crippen MR) is 250 cm³/mol. The van der Waals surface area contributed by atoms with E-state index >= 15 is 0 Å². The summed E-state index contributed by atoms with van der Waals surface area (Å²) in [5.74, 6) is 2.18. The molecule has 6 heterocycles. The Balaban J connectivity index is 0.682. The monoisotopic (exact) mass is 912 g/mol. The number of nitrogen functional groups attached to an aromatic ring is 1. The van der Waals surface area contributed by atoms with Crippen LogP contribution in [0, 0.1) is 0 Å². The van der Waals surface area contributed by atoms with Crippen molar-refractivity contribution in [2.75, 3.05) is 57.3 Å². The van der Waals surface area contributed by atoms with Crippen LogP contribution in [0.3, 0.4) is 0 Å². The van der Waals surface area contributed by atoms with E-state index in [1.54, 1.807) is 16.7 Å². The number of hydrogen-bond donors (Lipinski definition) is 2. The zero-order chi connectivity index (χ0) is 45.6. The highest BCUT2D eigenvalue weighted by atomic mass is 32.2. The lowest BCUT2D eigenvalue weighted by Gasteiger charge is -2.35. The maximum absolute atomic E-state index is 13.6. The van der Waals surface area contributed by atoms with Gasteiger partial charge in [-0.25, -0.2) is 14.6 Å². The summed E-state index contributed by atoms with van der Waals surface area (Å²) >= 11 is 1.71. The first kappa shape index (κ1) is 44.9. The molecule has 3 fully saturated rings. The molecular weight excluding hydrogens is 857 g/mol. The number of rotatable bonds is 16. The van der Waals surface area contributed by atoms with Crippen LogP contribution >= 0.6 is 11.8 Å². The summed E-state index contributed by atoms with van der Waals surface area (Å²) in [4.78, 5) is 81.8. The summed E-state index contributed by atoms with van der Waals surface area (Å²) in [6.07, 6.45) is 8.23. The van der Waals surface area contributed by atoms with Gasteiger partial charge in [-0.2, -0.15) is 5.10 Å². The van der Waals surface area contributed by atoms with Crippen LogP contribution in [0.15, 0.2) is 84.0 Å². The van der Waals surface area contributed by atoms with Crippen LogP contribution in [0.2, 0.25) is 0 Å². The molecule has 1 unspecified atom stereocenters. The molecule has 4 aliphatic rings. The molecule has 0 saturated carbocycles. The average molecular weight is 913 g/mol. The number of carbonyl (C=O) groups is 5. The molecule has 2 atom stereocenters. The number of likely N-dealkylation sites (tertiary alicyclic amines) is 1. The first-order valence-electron chi connectivity index (χ1n) is 23.2. The first-order valence-corrected chi connectivity index (χ1v) is 24.2. The molecule has 5 amide bonds. The molecule has 4 aliphatic heterocycles. The Bertz CT molecular complexity index is 2580. The van der Waals surface area contributed by atoms with E-state index in [-0.39, 0.29) is 36.1 Å². The Morgan fingerprint density at radius 2 is 1.58 bits per heavy atom. The molecule has 3 N–H and O–H groups in total. The van der Waals surface area contributed by atoms with Crippen LogP contribution < -0.4 is 15.8 Å². The number of fused-ring (bicyclic) bond motifs is 2. The van der Waals surface area contributed by atoms with Crippen LogP contribution in [0.5, 0.6) is 11.5 Å². The number of anilines is 1. The number of benzene rings is 3. The maximum Gasteiger partial charge on any atom is 0.255 e. The third kappa shape index (κ3) is 10.1. The second kappa shape index (κ2) is 20.5. The van der Waals surface area contributed by atoms with E-state index in [4.69, 9.17) is 15.6 Å². The van der Waals surface area contributed by atoms with Crippen molar-refractivity contribution >= 4 is 58.1 Å². The van der Waals surface area contributed by atoms with Gasteiger partial charge in [0.15, 0.2) is 5.65 Å². The van der Waals surface area contributed by atoms with Gasteiger partial charge in [-0.05, 0) is 105 Å². The molecule has 0 bridgehead atoms. The lowest BCUT2D eigenvalue weighted by Crippen LogP contribution is -2.52. The van der Waals surface area contributed by atoms with E-state index in [2.05, 4.69) is 20.2 Å². The Hall–Kier alpha value is -6.33. The second-order valence-electron chi connectivity index (χ2n) is 17.5. The van der Waals surface area contributed by atoms with Gasteiger partial charge in [0.2, 0.25) is 23.6 Å². The number of para-hydroxylation sites is 1. The van der Waals surface area contributed by atoms with Crippen LogP contribution in [0.1, 0.15) is 86.2 Å². The molecule has 5 aromatic rings. The van der Waals surface area contributed by atoms with Crippen molar-refractivity contribution in [2.24, 2.45) is 0 Å². The van der Waals surface area contributed by atoms with Gasteiger partial charge in [0, 0.05) is 81.1 Å². The Morgan fingerprint density at radius 3 is 2.38 bits per heavy atom. The van der Waals surface area contributed by atoms with E-state index in [9.17, 15) is 24.0 Å². The molecule has 17 heteroatoms. The fourth-order valence-corrected chi connectivity index (χ4v) is 10.7. The van der Waals surface area contributed by atoms with Gasteiger partial charge < -0.3 is 25.2 Å². The minimum Gasteiger partial charge on any atom is -0.457 e. The molecule has 3 aromatic carbocycles. The molecule has 3 saturated heterocycles. The minimum absolute atomic E-state index is 0.0525. The average Bonchev–Trinajstić information content (AvgIpc) is 3.90. The minimum atomic E-state index is -0.625. The third-order valence-electron chi connectivity index (χ3n) is 13.1. The fourth-order valence-electron chi connectivity index (χ4n) is 9.56. The van der Waals surface area contributed by atoms with E-state index < -0.39 is 11.9 Å². The van der Waals surface area contributed by atoms with Gasteiger partial charge in [-0.15, -0.1) is 11.8 Å². The van der Waals surface area contributed by atoms with Crippen molar-refractivity contribution in [3.05, 3.63) is 90.3 Å². The number of nitrogens with one attached hydrogen (secondary N) is 1. The molecule has 0 radical (unpaired) electrons. The highest BCUT2D eigenvalue weighted by Crippen LogP contribution is 2.37. The number of thioether (sulfide) groups is 1. The van der Waals surface area contributed by atoms with Crippen molar-refractivity contribution < 1.29 is 28.7 Å². The van der Waals surface area contributed by atoms with Crippen molar-refractivity contribution in [1.82, 2.24) is 44.7 Å². The van der Waals surface area contributed by atoms with Gasteiger partial charge in [0.1, 0.15) is 35.4 Å². The Labute approximate surface area is 388 Å². The van der Waals surface area contributed by atoms with Gasteiger partial charge in [0.05, 0.1) is 11.4 Å². The molecule has 66 heavy (non-hydrogen) atoms. The lowest BCUT2D eigenvalue weighted by molar-refractivity contribution is -0.137. The first-order chi connectivity index (χ1) is 32.2. The van der Waals surface area contributed by atoms with E-state index in [0.717, 1.165) is 85.7 Å². The standard InChI is InChI=1S/C49H56N10O6S/c50-46-44-45(33-17-19-36(20-18-33)65-35-11-3-1-4-12-35)54-59(47(44)52-32-51-46)34-10-8-24-57(30-34)43(62)16-9-23-55-25-27-56(28-26-55)42(61)15-5-2-6-29-66-40-14-7-13-37-38(40)31-58(49(37)64)39-21-22-41(60)53-48(39)63/h1,3-4,7,11-14,17-20,32,34,39H,2,5-6,8-10,15-16,21-31H2,(H2,50,51,52)(H,53,60,63)/t34-,39?/m1/s1. The summed E-state index contributed by atoms with van der Waals surface area (Å²) in [5.41, 5.74) is 10.2. The number of aromatic nitrogens is 4. The van der Waals surface area contributed by atoms with Crippen LogP contribution in [0.4, 0.5) is 5.82 Å². The Kier molecular flexibility index (Phi) is 13.9. The number of nitrogens with zero attached hydrogens (tertiary/aromatic N) is 8. The van der Waals surface area contributed by atoms with E-state index in [0.29, 0.717) is 85.8 Å². The van der Waals surface area contributed by atoms with Gasteiger partial charge in [-0.3, -0.25) is 34.2 Å². The SMILES string of the molecule is Nc1ncnc2c1c(-c1ccc(Oc3ccccc3)cc1)nn2[C@@H]1CCCN(C(=O)CCCN2CCN(C(=O)CCCCCSc3cccc4c3CN(C3CCC(=O)NC3=O)C4=O)CC2)C1. The molecular formula is C49H56N10O6S. The van der Waals surface area contributed by atoms with Gasteiger partial charge in [0.25, 0.3) is 5.91 Å². The van der Waals surface area contributed by atoms with E-state index in [1.807, 2.05) is 87.3 Å². The number of piperazine rings is 1. The summed E-state index contributed by atoms with van der Waals surface area (Å²) in [6, 6.07) is 22.4. The van der Waals surface area contributed by atoms with Crippen LogP contribution in [-0.4, -0.2) is 126 Å². The van der Waals surface area contributed by atoms with E-state index in [1.165, 1.54) is 6.33 Å². The van der Waals surface area contributed by atoms with Gasteiger partial charge in [-0.1, -0.05) is 30.7 Å². The predicted octanol–water partition coefficient (Wildman–Crippen LogP) is 6.07. The van der Waals surface area contributed by atoms with Crippen molar-refractivity contribution in [3.8, 4) is 22.8 Å². The summed E-state index contributed by atoms with van der Waals surface area (Å²) in [6.45, 7) is 5.44. The zero-order valence-electron chi connectivity index (χ0n) is 37.1. The smallest absolute Gasteiger partial charge is 0.255 e. The summed E-state index contributed by atoms with van der Waals surface area (Å²) < 4.78 is 7.93. The molecule has 344 valence electrons. The zero-order valence-corrected chi connectivity index (χ0v) is 37.9. The highest BCUT2D eigenvalue weighted by molar-refractivity contribution is 7.99. The molecule has 16 nitrogen and oxygen atoms in total. The molecule has 2 aromatic heterocycles. The number of unbranched alkanes of at least 4 members (excludes halogenated alkanes) is 2. The number of piperidine rings is 2. The molecule has 0 aliphatic carbocycles. The highest BCUT2D eigenvalue weighted by Gasteiger charge is 2.40. The molecule has 0 spiro atoms. The lowest BCUT2D eigenvalue weighted by atomic mass is 10.0. The summed E-state index contributed by atoms with van der Waals surface area (Å²) in [5, 5.41) is 8.11. The fraction of sp³-hybridized carbons (Fsp3) is 0.429. The maximum atomic E-state index is 13.6. The van der Waals surface area contributed by atoms with Crippen molar-refractivity contribution in [2.45, 2.75) is 87.7 Å².